The standard InChI is InChI=1S/C19H30IN3O3/c1-18(2,13-26-17(25)21-4)10-7-11-19(3,16(24)23-22-5)14-8-6-9-15(20)12-14/h6,8-9,12,22H,7,10-11,13H2,1-5H3,(H,21,25)(H,23,24)/t19-/m1/s1. The van der Waals surface area contributed by atoms with Crippen molar-refractivity contribution in [3.63, 3.8) is 0 Å². The SMILES string of the molecule is CNNC(=O)[C@](C)(CCCC(C)(C)COC(=O)NC)c1cccc(I)c1. The molecule has 0 bridgehead atoms. The van der Waals surface area contributed by atoms with E-state index in [9.17, 15) is 9.59 Å². The number of hydrogen-bond donors (Lipinski definition) is 3. The third-order valence-electron chi connectivity index (χ3n) is 4.53. The van der Waals surface area contributed by atoms with Gasteiger partial charge in [-0.15, -0.1) is 0 Å². The van der Waals surface area contributed by atoms with Gasteiger partial charge in [0.1, 0.15) is 0 Å². The molecule has 0 saturated carbocycles. The number of hydrogen-bond acceptors (Lipinski definition) is 4. The highest BCUT2D eigenvalue weighted by Gasteiger charge is 2.35. The van der Waals surface area contributed by atoms with Crippen LogP contribution >= 0.6 is 22.6 Å². The molecule has 0 aliphatic heterocycles. The molecular weight excluding hydrogens is 445 g/mol. The maximum Gasteiger partial charge on any atom is 0.406 e. The molecule has 6 nitrogen and oxygen atoms in total. The molecule has 26 heavy (non-hydrogen) atoms. The number of halogens is 1. The normalized spacial score (nSPS) is 13.6. The van der Waals surface area contributed by atoms with Crippen molar-refractivity contribution in [1.29, 1.82) is 0 Å². The Labute approximate surface area is 169 Å². The van der Waals surface area contributed by atoms with Gasteiger partial charge in [0.15, 0.2) is 0 Å². The summed E-state index contributed by atoms with van der Waals surface area (Å²) in [5, 5.41) is 2.45. The average Bonchev–Trinajstić information content (AvgIpc) is 2.59. The van der Waals surface area contributed by atoms with Gasteiger partial charge in [0.2, 0.25) is 5.91 Å². The van der Waals surface area contributed by atoms with Crippen molar-refractivity contribution in [2.24, 2.45) is 5.41 Å². The van der Waals surface area contributed by atoms with Crippen molar-refractivity contribution in [3.8, 4) is 0 Å². The van der Waals surface area contributed by atoms with Gasteiger partial charge in [-0.05, 0) is 65.5 Å². The van der Waals surface area contributed by atoms with E-state index in [0.29, 0.717) is 13.0 Å². The number of amides is 2. The van der Waals surface area contributed by atoms with Crippen LogP contribution in [0.25, 0.3) is 0 Å². The summed E-state index contributed by atoms with van der Waals surface area (Å²) in [4.78, 5) is 24.0. The number of carbonyl (C=O) groups is 2. The second-order valence-electron chi connectivity index (χ2n) is 7.39. The van der Waals surface area contributed by atoms with Gasteiger partial charge in [0.25, 0.3) is 0 Å². The Morgan fingerprint density at radius 1 is 1.15 bits per heavy atom. The lowest BCUT2D eigenvalue weighted by atomic mass is 9.75. The van der Waals surface area contributed by atoms with Gasteiger partial charge in [-0.3, -0.25) is 10.2 Å². The highest BCUT2D eigenvalue weighted by molar-refractivity contribution is 14.1. The summed E-state index contributed by atoms with van der Waals surface area (Å²) in [7, 11) is 3.23. The van der Waals surface area contributed by atoms with E-state index in [1.165, 1.54) is 0 Å². The van der Waals surface area contributed by atoms with Crippen LogP contribution in [0.1, 0.15) is 45.6 Å². The van der Waals surface area contributed by atoms with E-state index in [2.05, 4.69) is 58.7 Å². The van der Waals surface area contributed by atoms with E-state index in [1.54, 1.807) is 14.1 Å². The van der Waals surface area contributed by atoms with Crippen LogP contribution < -0.4 is 16.2 Å². The van der Waals surface area contributed by atoms with E-state index in [1.807, 2.05) is 25.1 Å². The van der Waals surface area contributed by atoms with Crippen LogP contribution in [0.15, 0.2) is 24.3 Å². The lowest BCUT2D eigenvalue weighted by Gasteiger charge is -2.31. The minimum absolute atomic E-state index is 0.0542. The van der Waals surface area contributed by atoms with Gasteiger partial charge in [-0.25, -0.2) is 10.2 Å². The molecule has 1 aromatic rings. The molecule has 0 heterocycles. The number of hydrazine groups is 1. The van der Waals surface area contributed by atoms with Gasteiger partial charge in [-0.2, -0.15) is 0 Å². The molecule has 0 aliphatic carbocycles. The minimum Gasteiger partial charge on any atom is -0.449 e. The third-order valence-corrected chi connectivity index (χ3v) is 5.20. The van der Waals surface area contributed by atoms with E-state index in [4.69, 9.17) is 4.74 Å². The molecule has 0 aliphatic rings. The first-order valence-corrected chi connectivity index (χ1v) is 9.80. The van der Waals surface area contributed by atoms with Gasteiger partial charge < -0.3 is 10.1 Å². The zero-order valence-electron chi connectivity index (χ0n) is 16.2. The number of nitrogens with one attached hydrogen (secondary N) is 3. The van der Waals surface area contributed by atoms with Crippen LogP contribution in [0.2, 0.25) is 0 Å². The summed E-state index contributed by atoms with van der Waals surface area (Å²) in [6.07, 6.45) is 1.96. The fraction of sp³-hybridized carbons (Fsp3) is 0.579. The Kier molecular flexibility index (Phi) is 8.82. The molecule has 0 aromatic heterocycles. The van der Waals surface area contributed by atoms with E-state index in [0.717, 1.165) is 22.0 Å². The zero-order chi connectivity index (χ0) is 19.8. The molecule has 7 heteroatoms. The van der Waals surface area contributed by atoms with Crippen molar-refractivity contribution in [2.75, 3.05) is 20.7 Å². The Morgan fingerprint density at radius 3 is 2.42 bits per heavy atom. The molecule has 0 unspecified atom stereocenters. The molecular formula is C19H30IN3O3. The molecule has 2 amide bonds. The van der Waals surface area contributed by atoms with Crippen LogP contribution in [0, 0.1) is 8.99 Å². The first-order valence-electron chi connectivity index (χ1n) is 8.72. The summed E-state index contributed by atoms with van der Waals surface area (Å²) in [6.45, 7) is 6.44. The van der Waals surface area contributed by atoms with Gasteiger partial charge >= 0.3 is 6.09 Å². The number of carbonyl (C=O) groups excluding carboxylic acids is 2. The molecule has 0 fully saturated rings. The van der Waals surface area contributed by atoms with Crippen molar-refractivity contribution < 1.29 is 14.3 Å². The lowest BCUT2D eigenvalue weighted by Crippen LogP contribution is -2.47. The molecule has 3 N–H and O–H groups in total. The second-order valence-corrected chi connectivity index (χ2v) is 8.64. The van der Waals surface area contributed by atoms with E-state index >= 15 is 0 Å². The van der Waals surface area contributed by atoms with Crippen molar-refractivity contribution >= 4 is 34.6 Å². The summed E-state index contributed by atoms with van der Waals surface area (Å²) in [6, 6.07) is 8.04. The largest absolute Gasteiger partial charge is 0.449 e. The Hall–Kier alpha value is -1.35. The molecule has 1 atom stereocenters. The van der Waals surface area contributed by atoms with Crippen LogP contribution in [0.4, 0.5) is 4.79 Å². The van der Waals surface area contributed by atoms with E-state index in [-0.39, 0.29) is 11.3 Å². The molecule has 1 aromatic carbocycles. The second kappa shape index (κ2) is 10.1. The number of benzene rings is 1. The number of alkyl carbamates (subject to hydrolysis) is 1. The summed E-state index contributed by atoms with van der Waals surface area (Å²) in [5.74, 6) is -0.0542. The Bertz CT molecular complexity index is 622. The quantitative estimate of drug-likeness (QED) is 0.378. The third kappa shape index (κ3) is 6.75. The van der Waals surface area contributed by atoms with Gasteiger partial charge in [0.05, 0.1) is 12.0 Å². The Morgan fingerprint density at radius 2 is 1.85 bits per heavy atom. The minimum atomic E-state index is -0.637. The predicted molar refractivity (Wildman–Crippen MR) is 112 cm³/mol. The summed E-state index contributed by atoms with van der Waals surface area (Å²) in [5.41, 5.74) is 5.67. The smallest absolute Gasteiger partial charge is 0.406 e. The maximum atomic E-state index is 12.7. The van der Waals surface area contributed by atoms with Crippen LogP contribution in [-0.4, -0.2) is 32.7 Å². The molecule has 0 spiro atoms. The van der Waals surface area contributed by atoms with Crippen LogP contribution in [-0.2, 0) is 14.9 Å². The zero-order valence-corrected chi connectivity index (χ0v) is 18.4. The highest BCUT2D eigenvalue weighted by atomic mass is 127. The predicted octanol–water partition coefficient (Wildman–Crippen LogP) is 3.35. The lowest BCUT2D eigenvalue weighted by molar-refractivity contribution is -0.127. The van der Waals surface area contributed by atoms with Gasteiger partial charge in [0, 0.05) is 17.7 Å². The van der Waals surface area contributed by atoms with Crippen LogP contribution in [0.3, 0.4) is 0 Å². The number of ether oxygens (including phenoxy) is 1. The summed E-state index contributed by atoms with van der Waals surface area (Å²) < 4.78 is 6.28. The first kappa shape index (κ1) is 22.7. The topological polar surface area (TPSA) is 79.5 Å². The fourth-order valence-electron chi connectivity index (χ4n) is 2.80. The maximum absolute atomic E-state index is 12.7. The molecule has 146 valence electrons. The fourth-order valence-corrected chi connectivity index (χ4v) is 3.34. The molecule has 1 rings (SSSR count). The van der Waals surface area contributed by atoms with Gasteiger partial charge in [-0.1, -0.05) is 32.4 Å². The van der Waals surface area contributed by atoms with Crippen molar-refractivity contribution in [2.45, 2.75) is 45.4 Å². The summed E-state index contributed by atoms with van der Waals surface area (Å²) >= 11 is 2.26. The number of rotatable bonds is 9. The van der Waals surface area contributed by atoms with Crippen molar-refractivity contribution in [1.82, 2.24) is 16.2 Å². The molecule has 0 radical (unpaired) electrons. The average molecular weight is 475 g/mol. The van der Waals surface area contributed by atoms with E-state index < -0.39 is 11.5 Å². The van der Waals surface area contributed by atoms with Crippen molar-refractivity contribution in [3.05, 3.63) is 33.4 Å². The monoisotopic (exact) mass is 475 g/mol. The van der Waals surface area contributed by atoms with Crippen LogP contribution in [0.5, 0.6) is 0 Å². The Balaban J connectivity index is 2.81. The first-order chi connectivity index (χ1) is 12.1. The highest BCUT2D eigenvalue weighted by Crippen LogP contribution is 2.33. The molecule has 0 saturated heterocycles.